The summed E-state index contributed by atoms with van der Waals surface area (Å²) < 4.78 is 24.8. The summed E-state index contributed by atoms with van der Waals surface area (Å²) in [5.41, 5.74) is 0.463. The molecule has 7 heteroatoms. The number of hydrogen-bond donors (Lipinski definition) is 2. The van der Waals surface area contributed by atoms with E-state index in [1.807, 2.05) is 19.1 Å². The lowest BCUT2D eigenvalue weighted by molar-refractivity contribution is -0.0828. The maximum atomic E-state index is 13.6. The Balaban J connectivity index is 0.00000312. The number of nitrogens with one attached hydrogen (secondary N) is 2. The van der Waals surface area contributed by atoms with Crippen molar-refractivity contribution < 1.29 is 13.9 Å². The van der Waals surface area contributed by atoms with E-state index in [4.69, 9.17) is 9.47 Å². The molecule has 142 valence electrons. The first kappa shape index (κ1) is 22.1. The largest absolute Gasteiger partial charge is 0.381 e. The molecule has 5 nitrogen and oxygen atoms in total. The molecule has 0 saturated carbocycles. The lowest BCUT2D eigenvalue weighted by Crippen LogP contribution is -2.44. The van der Waals surface area contributed by atoms with Gasteiger partial charge in [-0.05, 0) is 25.0 Å². The fourth-order valence-corrected chi connectivity index (χ4v) is 2.75. The summed E-state index contributed by atoms with van der Waals surface area (Å²) in [7, 11) is 1.74. The van der Waals surface area contributed by atoms with Crippen molar-refractivity contribution in [2.45, 2.75) is 31.8 Å². The number of methoxy groups -OCH3 is 1. The van der Waals surface area contributed by atoms with Gasteiger partial charge in [-0.3, -0.25) is 4.99 Å². The SMILES string of the molecule is CCNC(=NCC1(OC)CCOCC1)NCCc1ccccc1F.I. The molecule has 0 bridgehead atoms. The molecular formula is C18H29FIN3O2. The first-order chi connectivity index (χ1) is 11.7. The van der Waals surface area contributed by atoms with E-state index in [9.17, 15) is 4.39 Å². The Bertz CT molecular complexity index is 537. The Morgan fingerprint density at radius 2 is 2.00 bits per heavy atom. The smallest absolute Gasteiger partial charge is 0.191 e. The predicted octanol–water partition coefficient (Wildman–Crippen LogP) is 2.74. The van der Waals surface area contributed by atoms with E-state index in [-0.39, 0.29) is 35.4 Å². The van der Waals surface area contributed by atoms with Crippen molar-refractivity contribution in [1.29, 1.82) is 0 Å². The third kappa shape index (κ3) is 7.07. The van der Waals surface area contributed by atoms with Crippen LogP contribution in [0.25, 0.3) is 0 Å². The maximum Gasteiger partial charge on any atom is 0.191 e. The Kier molecular flexibility index (Phi) is 10.3. The van der Waals surface area contributed by atoms with Gasteiger partial charge in [0, 0.05) is 46.3 Å². The Hall–Kier alpha value is -0.930. The Morgan fingerprint density at radius 1 is 1.28 bits per heavy atom. The summed E-state index contributed by atoms with van der Waals surface area (Å²) in [4.78, 5) is 4.65. The standard InChI is InChI=1S/C18H28FN3O2.HI/c1-3-20-17(21-11-8-15-6-4-5-7-16(15)19)22-14-18(23-2)9-12-24-13-10-18;/h4-7H,3,8-14H2,1-2H3,(H2,20,21,22);1H. The minimum Gasteiger partial charge on any atom is -0.381 e. The van der Waals surface area contributed by atoms with Gasteiger partial charge in [-0.2, -0.15) is 0 Å². The van der Waals surface area contributed by atoms with Crippen LogP contribution >= 0.6 is 24.0 Å². The summed E-state index contributed by atoms with van der Waals surface area (Å²) in [6.45, 7) is 5.42. The molecule has 0 radical (unpaired) electrons. The molecule has 0 aromatic heterocycles. The number of rotatable bonds is 7. The van der Waals surface area contributed by atoms with Gasteiger partial charge in [-0.15, -0.1) is 24.0 Å². The molecule has 1 aliphatic rings. The quantitative estimate of drug-likeness (QED) is 0.370. The van der Waals surface area contributed by atoms with Crippen LogP contribution in [0.1, 0.15) is 25.3 Å². The van der Waals surface area contributed by atoms with Gasteiger partial charge in [0.2, 0.25) is 0 Å². The molecule has 1 aromatic carbocycles. The number of nitrogens with zero attached hydrogens (tertiary/aromatic N) is 1. The zero-order chi connectivity index (χ0) is 17.3. The second-order valence-corrected chi connectivity index (χ2v) is 5.96. The van der Waals surface area contributed by atoms with Gasteiger partial charge in [0.25, 0.3) is 0 Å². The number of ether oxygens (including phenoxy) is 2. The topological polar surface area (TPSA) is 54.9 Å². The third-order valence-corrected chi connectivity index (χ3v) is 4.35. The Morgan fingerprint density at radius 3 is 2.64 bits per heavy atom. The average Bonchev–Trinajstić information content (AvgIpc) is 2.62. The fourth-order valence-electron chi connectivity index (χ4n) is 2.75. The van der Waals surface area contributed by atoms with Crippen LogP contribution in [0.2, 0.25) is 0 Å². The van der Waals surface area contributed by atoms with Crippen LogP contribution in [0.5, 0.6) is 0 Å². The van der Waals surface area contributed by atoms with Gasteiger partial charge in [-0.1, -0.05) is 18.2 Å². The molecule has 0 unspecified atom stereocenters. The molecule has 1 aliphatic heterocycles. The highest BCUT2D eigenvalue weighted by Crippen LogP contribution is 2.24. The van der Waals surface area contributed by atoms with E-state index in [2.05, 4.69) is 15.6 Å². The van der Waals surface area contributed by atoms with Crippen molar-refractivity contribution in [3.8, 4) is 0 Å². The zero-order valence-corrected chi connectivity index (χ0v) is 17.3. The normalized spacial score (nSPS) is 16.8. The van der Waals surface area contributed by atoms with E-state index >= 15 is 0 Å². The molecule has 25 heavy (non-hydrogen) atoms. The summed E-state index contributed by atoms with van der Waals surface area (Å²) in [5.74, 6) is 0.568. The van der Waals surface area contributed by atoms with E-state index in [1.165, 1.54) is 6.07 Å². The molecule has 1 saturated heterocycles. The van der Waals surface area contributed by atoms with Crippen LogP contribution in [-0.2, 0) is 15.9 Å². The lowest BCUT2D eigenvalue weighted by Gasteiger charge is -2.34. The summed E-state index contributed by atoms with van der Waals surface area (Å²) >= 11 is 0. The van der Waals surface area contributed by atoms with Gasteiger partial charge < -0.3 is 20.1 Å². The molecule has 0 amide bonds. The highest BCUT2D eigenvalue weighted by atomic mass is 127. The highest BCUT2D eigenvalue weighted by Gasteiger charge is 2.32. The van der Waals surface area contributed by atoms with Gasteiger partial charge >= 0.3 is 0 Å². The van der Waals surface area contributed by atoms with Crippen molar-refractivity contribution in [2.24, 2.45) is 4.99 Å². The van der Waals surface area contributed by atoms with Crippen molar-refractivity contribution in [1.82, 2.24) is 10.6 Å². The average molecular weight is 465 g/mol. The fraction of sp³-hybridized carbons (Fsp3) is 0.611. The van der Waals surface area contributed by atoms with Crippen LogP contribution < -0.4 is 10.6 Å². The molecular weight excluding hydrogens is 436 g/mol. The van der Waals surface area contributed by atoms with E-state index < -0.39 is 0 Å². The van der Waals surface area contributed by atoms with Crippen LogP contribution in [-0.4, -0.2) is 51.5 Å². The summed E-state index contributed by atoms with van der Waals surface area (Å²) in [6, 6.07) is 6.85. The molecule has 1 fully saturated rings. The van der Waals surface area contributed by atoms with Crippen LogP contribution in [0.15, 0.2) is 29.3 Å². The van der Waals surface area contributed by atoms with Gasteiger partial charge in [0.05, 0.1) is 12.1 Å². The first-order valence-electron chi connectivity index (χ1n) is 8.57. The minimum atomic E-state index is -0.244. The van der Waals surface area contributed by atoms with Crippen molar-refractivity contribution >= 4 is 29.9 Å². The maximum absolute atomic E-state index is 13.6. The number of benzene rings is 1. The molecule has 1 heterocycles. The van der Waals surface area contributed by atoms with E-state index in [0.717, 1.165) is 25.3 Å². The third-order valence-electron chi connectivity index (χ3n) is 4.35. The first-order valence-corrected chi connectivity index (χ1v) is 8.57. The van der Waals surface area contributed by atoms with Gasteiger partial charge in [0.15, 0.2) is 5.96 Å². The summed E-state index contributed by atoms with van der Waals surface area (Å²) in [6.07, 6.45) is 2.31. The molecule has 0 atom stereocenters. The van der Waals surface area contributed by atoms with E-state index in [1.54, 1.807) is 13.2 Å². The second kappa shape index (κ2) is 11.6. The molecule has 0 spiro atoms. The number of guanidine groups is 1. The van der Waals surface area contributed by atoms with Gasteiger partial charge in [-0.25, -0.2) is 4.39 Å². The van der Waals surface area contributed by atoms with Crippen LogP contribution in [0, 0.1) is 5.82 Å². The van der Waals surface area contributed by atoms with Crippen LogP contribution in [0.3, 0.4) is 0 Å². The highest BCUT2D eigenvalue weighted by molar-refractivity contribution is 14.0. The Labute approximate surface area is 166 Å². The number of aliphatic imine (C=N–C) groups is 1. The molecule has 2 N–H and O–H groups in total. The summed E-state index contributed by atoms with van der Waals surface area (Å²) in [5, 5.41) is 6.49. The number of halogens is 2. The zero-order valence-electron chi connectivity index (χ0n) is 15.0. The van der Waals surface area contributed by atoms with Crippen molar-refractivity contribution in [3.05, 3.63) is 35.6 Å². The minimum absolute atomic E-state index is 0. The number of hydrogen-bond acceptors (Lipinski definition) is 3. The van der Waals surface area contributed by atoms with Crippen LogP contribution in [0.4, 0.5) is 4.39 Å². The molecule has 0 aliphatic carbocycles. The lowest BCUT2D eigenvalue weighted by atomic mass is 9.94. The van der Waals surface area contributed by atoms with E-state index in [0.29, 0.717) is 38.3 Å². The van der Waals surface area contributed by atoms with Crippen molar-refractivity contribution in [2.75, 3.05) is 40.0 Å². The van der Waals surface area contributed by atoms with Gasteiger partial charge in [0.1, 0.15) is 5.82 Å². The second-order valence-electron chi connectivity index (χ2n) is 5.96. The predicted molar refractivity (Wildman–Crippen MR) is 109 cm³/mol. The molecule has 2 rings (SSSR count). The molecule has 1 aromatic rings. The monoisotopic (exact) mass is 465 g/mol. The van der Waals surface area contributed by atoms with Crippen molar-refractivity contribution in [3.63, 3.8) is 0 Å².